The molecule has 2 aromatic heterocycles. The second-order valence-corrected chi connectivity index (χ2v) is 7.49. The molecule has 152 valence electrons. The maximum absolute atomic E-state index is 13.4. The summed E-state index contributed by atoms with van der Waals surface area (Å²) in [5.74, 6) is 0.198. The molecule has 29 heavy (non-hydrogen) atoms. The molecule has 8 heteroatoms. The van der Waals surface area contributed by atoms with Gasteiger partial charge in [0, 0.05) is 24.8 Å². The van der Waals surface area contributed by atoms with Crippen LogP contribution in [0.25, 0.3) is 22.6 Å². The minimum Gasteiger partial charge on any atom is -0.393 e. The van der Waals surface area contributed by atoms with Crippen LogP contribution in [0.2, 0.25) is 0 Å². The molecule has 1 fully saturated rings. The number of imidazole rings is 1. The minimum atomic E-state index is -1.01. The van der Waals surface area contributed by atoms with Gasteiger partial charge in [-0.15, -0.1) is 0 Å². The molecule has 0 atom stereocenters. The first kappa shape index (κ1) is 19.5. The molecule has 0 amide bonds. The standard InChI is InChI=1S/C21H24FN5O2/c1-23-20-24-11-8-17(26-20)19-18(14-2-4-15(22)5-3-14)25-13-27(19)16-6-9-21(29,12-28)10-7-16/h2-5,8,11,13,16,28-29H,6-7,9-10,12H2,1H3,(H,23,24,26). The smallest absolute Gasteiger partial charge is 0.222 e. The zero-order valence-corrected chi connectivity index (χ0v) is 16.2. The first-order chi connectivity index (χ1) is 14.0. The highest BCUT2D eigenvalue weighted by molar-refractivity contribution is 5.77. The highest BCUT2D eigenvalue weighted by Crippen LogP contribution is 2.39. The van der Waals surface area contributed by atoms with Gasteiger partial charge < -0.3 is 20.1 Å². The van der Waals surface area contributed by atoms with E-state index < -0.39 is 5.60 Å². The molecule has 0 radical (unpaired) electrons. The van der Waals surface area contributed by atoms with Crippen molar-refractivity contribution in [1.29, 1.82) is 0 Å². The number of aliphatic hydroxyl groups excluding tert-OH is 1. The van der Waals surface area contributed by atoms with Crippen LogP contribution in [0.1, 0.15) is 31.7 Å². The monoisotopic (exact) mass is 397 g/mol. The molecule has 1 saturated carbocycles. The lowest BCUT2D eigenvalue weighted by Crippen LogP contribution is -2.38. The summed E-state index contributed by atoms with van der Waals surface area (Å²) in [5.41, 5.74) is 2.05. The molecule has 1 aliphatic rings. The van der Waals surface area contributed by atoms with E-state index >= 15 is 0 Å². The van der Waals surface area contributed by atoms with Gasteiger partial charge >= 0.3 is 0 Å². The number of nitrogens with one attached hydrogen (secondary N) is 1. The van der Waals surface area contributed by atoms with Crippen LogP contribution in [-0.2, 0) is 0 Å². The van der Waals surface area contributed by atoms with E-state index in [-0.39, 0.29) is 18.5 Å². The second kappa shape index (κ2) is 7.88. The lowest BCUT2D eigenvalue weighted by Gasteiger charge is -2.35. The Morgan fingerprint density at radius 1 is 1.17 bits per heavy atom. The lowest BCUT2D eigenvalue weighted by atomic mass is 9.82. The van der Waals surface area contributed by atoms with Crippen LogP contribution in [-0.4, -0.2) is 49.0 Å². The summed E-state index contributed by atoms with van der Waals surface area (Å²) >= 11 is 0. The zero-order chi connectivity index (χ0) is 20.4. The molecule has 7 nitrogen and oxygen atoms in total. The van der Waals surface area contributed by atoms with Crippen LogP contribution in [0.4, 0.5) is 10.3 Å². The van der Waals surface area contributed by atoms with Crippen molar-refractivity contribution in [3.63, 3.8) is 0 Å². The predicted molar refractivity (Wildman–Crippen MR) is 108 cm³/mol. The van der Waals surface area contributed by atoms with Crippen molar-refractivity contribution in [2.45, 2.75) is 37.3 Å². The Morgan fingerprint density at radius 2 is 1.90 bits per heavy atom. The fourth-order valence-corrected chi connectivity index (χ4v) is 3.90. The maximum Gasteiger partial charge on any atom is 0.222 e. The summed E-state index contributed by atoms with van der Waals surface area (Å²) in [6.07, 6.45) is 5.93. The molecule has 4 rings (SSSR count). The molecule has 1 aromatic carbocycles. The maximum atomic E-state index is 13.4. The van der Waals surface area contributed by atoms with Gasteiger partial charge in [0.25, 0.3) is 0 Å². The number of hydrogen-bond acceptors (Lipinski definition) is 6. The van der Waals surface area contributed by atoms with Crippen molar-refractivity contribution in [2.75, 3.05) is 19.0 Å². The number of hydrogen-bond donors (Lipinski definition) is 3. The zero-order valence-electron chi connectivity index (χ0n) is 16.2. The number of rotatable bonds is 5. The van der Waals surface area contributed by atoms with Crippen molar-refractivity contribution < 1.29 is 14.6 Å². The molecular weight excluding hydrogens is 373 g/mol. The van der Waals surface area contributed by atoms with Gasteiger partial charge in [-0.3, -0.25) is 0 Å². The fraction of sp³-hybridized carbons (Fsp3) is 0.381. The molecule has 1 aliphatic carbocycles. The van der Waals surface area contributed by atoms with E-state index in [1.54, 1.807) is 31.7 Å². The van der Waals surface area contributed by atoms with E-state index in [9.17, 15) is 14.6 Å². The lowest BCUT2D eigenvalue weighted by molar-refractivity contribution is -0.0501. The van der Waals surface area contributed by atoms with E-state index in [4.69, 9.17) is 0 Å². The Morgan fingerprint density at radius 3 is 2.55 bits per heavy atom. The summed E-state index contributed by atoms with van der Waals surface area (Å²) in [4.78, 5) is 13.4. The number of aliphatic hydroxyl groups is 2. The van der Waals surface area contributed by atoms with Gasteiger partial charge in [0.15, 0.2) is 0 Å². The van der Waals surface area contributed by atoms with Crippen LogP contribution in [0, 0.1) is 5.82 Å². The molecule has 3 N–H and O–H groups in total. The quantitative estimate of drug-likeness (QED) is 0.612. The largest absolute Gasteiger partial charge is 0.393 e. The van der Waals surface area contributed by atoms with Gasteiger partial charge in [-0.05, 0) is 56.0 Å². The molecule has 0 spiro atoms. The summed E-state index contributed by atoms with van der Waals surface area (Å²) < 4.78 is 15.5. The summed E-state index contributed by atoms with van der Waals surface area (Å²) in [7, 11) is 1.76. The van der Waals surface area contributed by atoms with E-state index in [1.807, 2.05) is 6.07 Å². The van der Waals surface area contributed by atoms with Crippen molar-refractivity contribution in [3.8, 4) is 22.6 Å². The molecule has 0 saturated heterocycles. The predicted octanol–water partition coefficient (Wildman–Crippen LogP) is 3.03. The van der Waals surface area contributed by atoms with Gasteiger partial charge in [0.05, 0.1) is 35.6 Å². The molecule has 0 bridgehead atoms. The van der Waals surface area contributed by atoms with Gasteiger partial charge in [-0.2, -0.15) is 0 Å². The SMILES string of the molecule is CNc1nccc(-c2c(-c3ccc(F)cc3)ncn2C2CCC(O)(CO)CC2)n1. The van der Waals surface area contributed by atoms with E-state index in [2.05, 4.69) is 24.8 Å². The third-order valence-electron chi connectivity index (χ3n) is 5.61. The van der Waals surface area contributed by atoms with Gasteiger partial charge in [-0.25, -0.2) is 19.3 Å². The first-order valence-corrected chi connectivity index (χ1v) is 9.70. The molecule has 0 aliphatic heterocycles. The Labute approximate surface area is 168 Å². The summed E-state index contributed by atoms with van der Waals surface area (Å²) in [5, 5.41) is 22.8. The summed E-state index contributed by atoms with van der Waals surface area (Å²) in [6, 6.07) is 8.19. The topological polar surface area (TPSA) is 96.1 Å². The van der Waals surface area contributed by atoms with E-state index in [0.29, 0.717) is 43.0 Å². The van der Waals surface area contributed by atoms with E-state index in [1.165, 1.54) is 12.1 Å². The highest BCUT2D eigenvalue weighted by Gasteiger charge is 2.34. The molecule has 3 aromatic rings. The average molecular weight is 397 g/mol. The fourth-order valence-electron chi connectivity index (χ4n) is 3.90. The van der Waals surface area contributed by atoms with Crippen molar-refractivity contribution in [3.05, 3.63) is 48.7 Å². The number of benzene rings is 1. The Kier molecular flexibility index (Phi) is 5.29. The summed E-state index contributed by atoms with van der Waals surface area (Å²) in [6.45, 7) is -0.227. The minimum absolute atomic E-state index is 0.117. The van der Waals surface area contributed by atoms with Crippen LogP contribution in [0.5, 0.6) is 0 Å². The average Bonchev–Trinajstić information content (AvgIpc) is 3.20. The number of halogens is 1. The second-order valence-electron chi connectivity index (χ2n) is 7.49. The molecule has 0 unspecified atom stereocenters. The highest BCUT2D eigenvalue weighted by atomic mass is 19.1. The molecule has 2 heterocycles. The Bertz CT molecular complexity index is 981. The van der Waals surface area contributed by atoms with E-state index in [0.717, 1.165) is 11.3 Å². The number of nitrogens with zero attached hydrogens (tertiary/aromatic N) is 4. The van der Waals surface area contributed by atoms with Crippen LogP contribution >= 0.6 is 0 Å². The third-order valence-corrected chi connectivity index (χ3v) is 5.61. The number of aromatic nitrogens is 4. The van der Waals surface area contributed by atoms with Crippen molar-refractivity contribution >= 4 is 5.95 Å². The van der Waals surface area contributed by atoms with Gasteiger partial charge in [0.1, 0.15) is 5.82 Å². The van der Waals surface area contributed by atoms with Gasteiger partial charge in [0.2, 0.25) is 5.95 Å². The van der Waals surface area contributed by atoms with Crippen LogP contribution in [0.3, 0.4) is 0 Å². The third kappa shape index (κ3) is 3.86. The number of anilines is 1. The van der Waals surface area contributed by atoms with Crippen molar-refractivity contribution in [2.24, 2.45) is 0 Å². The Balaban J connectivity index is 1.78. The normalized spacial score (nSPS) is 21.9. The Hall–Kier alpha value is -2.84. The molecular formula is C21H24FN5O2. The van der Waals surface area contributed by atoms with Gasteiger partial charge in [-0.1, -0.05) is 0 Å². The van der Waals surface area contributed by atoms with Crippen LogP contribution < -0.4 is 5.32 Å². The van der Waals surface area contributed by atoms with Crippen LogP contribution in [0.15, 0.2) is 42.9 Å². The first-order valence-electron chi connectivity index (χ1n) is 9.70. The van der Waals surface area contributed by atoms with Crippen molar-refractivity contribution in [1.82, 2.24) is 19.5 Å².